The molecule has 0 unspecified atom stereocenters. The molecule has 22 heavy (non-hydrogen) atoms. The maximum absolute atomic E-state index is 12.9. The molecule has 1 aliphatic rings. The van der Waals surface area contributed by atoms with Gasteiger partial charge in [-0.15, -0.1) is 0 Å². The first-order valence-corrected chi connectivity index (χ1v) is 7.77. The van der Waals surface area contributed by atoms with Crippen molar-refractivity contribution in [3.8, 4) is 0 Å². The van der Waals surface area contributed by atoms with Gasteiger partial charge in [0.1, 0.15) is 0 Å². The van der Waals surface area contributed by atoms with E-state index in [1.54, 1.807) is 16.5 Å². The van der Waals surface area contributed by atoms with Gasteiger partial charge >= 0.3 is 5.97 Å². The average Bonchev–Trinajstić information content (AvgIpc) is 3.23. The fraction of sp³-hybridized carbons (Fsp3) is 0.688. The van der Waals surface area contributed by atoms with E-state index in [1.807, 2.05) is 27.8 Å². The zero-order chi connectivity index (χ0) is 16.6. The highest BCUT2D eigenvalue weighted by Gasteiger charge is 2.37. The second kappa shape index (κ2) is 6.10. The molecule has 0 bridgehead atoms. The van der Waals surface area contributed by atoms with E-state index in [-0.39, 0.29) is 24.4 Å². The third kappa shape index (κ3) is 3.15. The summed E-state index contributed by atoms with van der Waals surface area (Å²) in [4.78, 5) is 25.8. The van der Waals surface area contributed by atoms with E-state index in [0.717, 1.165) is 29.8 Å². The van der Waals surface area contributed by atoms with Gasteiger partial charge in [-0.05, 0) is 33.6 Å². The predicted octanol–water partition coefficient (Wildman–Crippen LogP) is 1.85. The molecule has 0 aliphatic heterocycles. The lowest BCUT2D eigenvalue weighted by Gasteiger charge is -2.27. The molecule has 6 heteroatoms. The van der Waals surface area contributed by atoms with Gasteiger partial charge in [-0.3, -0.25) is 14.3 Å². The number of carbonyl (C=O) groups is 2. The van der Waals surface area contributed by atoms with E-state index in [1.165, 1.54) is 0 Å². The van der Waals surface area contributed by atoms with Crippen LogP contribution in [0.15, 0.2) is 0 Å². The Balaban J connectivity index is 2.21. The maximum Gasteiger partial charge on any atom is 0.308 e. The SMILES string of the molecule is Cc1nn(C)c(C)c1[C@H](C)C(=O)N(C[C@H](C)C(=O)O)C1CC1. The standard InChI is InChI=1S/C16H25N3O3/c1-9(16(21)22)8-19(13-6-7-13)15(20)10(2)14-11(3)17-18(5)12(14)4/h9-10,13H,6-8H2,1-5H3,(H,21,22)/t9-,10-/m0/s1. The molecule has 2 atom stereocenters. The summed E-state index contributed by atoms with van der Waals surface area (Å²) < 4.78 is 1.79. The molecule has 1 fully saturated rings. The highest BCUT2D eigenvalue weighted by atomic mass is 16.4. The van der Waals surface area contributed by atoms with Crippen molar-refractivity contribution in [2.75, 3.05) is 6.54 Å². The first-order valence-electron chi connectivity index (χ1n) is 7.77. The molecule has 122 valence electrons. The fourth-order valence-electron chi connectivity index (χ4n) is 2.97. The Morgan fingerprint density at radius 2 is 1.95 bits per heavy atom. The molecule has 0 saturated heterocycles. The molecule has 1 aromatic rings. The van der Waals surface area contributed by atoms with Crippen molar-refractivity contribution in [1.29, 1.82) is 0 Å². The predicted molar refractivity (Wildman–Crippen MR) is 82.6 cm³/mol. The topological polar surface area (TPSA) is 75.4 Å². The summed E-state index contributed by atoms with van der Waals surface area (Å²) >= 11 is 0. The van der Waals surface area contributed by atoms with Gasteiger partial charge in [0.05, 0.1) is 17.5 Å². The molecule has 1 aromatic heterocycles. The Kier molecular flexibility index (Phi) is 4.58. The van der Waals surface area contributed by atoms with Crippen molar-refractivity contribution >= 4 is 11.9 Å². The van der Waals surface area contributed by atoms with Crippen molar-refractivity contribution in [2.45, 2.75) is 52.5 Å². The van der Waals surface area contributed by atoms with Crippen LogP contribution in [0, 0.1) is 19.8 Å². The van der Waals surface area contributed by atoms with E-state index in [0.29, 0.717) is 0 Å². The van der Waals surface area contributed by atoms with E-state index in [2.05, 4.69) is 5.10 Å². The summed E-state index contributed by atoms with van der Waals surface area (Å²) in [6, 6.07) is 0.203. The Morgan fingerprint density at radius 3 is 2.36 bits per heavy atom. The van der Waals surface area contributed by atoms with Crippen molar-refractivity contribution in [3.05, 3.63) is 17.0 Å². The highest BCUT2D eigenvalue weighted by Crippen LogP contribution is 2.32. The molecule has 0 spiro atoms. The number of rotatable bonds is 6. The van der Waals surface area contributed by atoms with E-state index >= 15 is 0 Å². The Morgan fingerprint density at radius 1 is 1.36 bits per heavy atom. The number of amides is 1. The van der Waals surface area contributed by atoms with Crippen LogP contribution in [-0.4, -0.2) is 44.3 Å². The number of aromatic nitrogens is 2. The van der Waals surface area contributed by atoms with Crippen molar-refractivity contribution in [1.82, 2.24) is 14.7 Å². The normalized spacial score (nSPS) is 17.1. The van der Waals surface area contributed by atoms with Gasteiger partial charge in [0, 0.05) is 30.9 Å². The maximum atomic E-state index is 12.9. The van der Waals surface area contributed by atoms with Gasteiger partial charge in [-0.1, -0.05) is 6.92 Å². The first-order chi connectivity index (χ1) is 10.2. The Hall–Kier alpha value is -1.85. The number of carbonyl (C=O) groups excluding carboxylic acids is 1. The summed E-state index contributed by atoms with van der Waals surface area (Å²) in [6.45, 7) is 7.69. The van der Waals surface area contributed by atoms with E-state index in [4.69, 9.17) is 5.11 Å². The molecule has 2 rings (SSSR count). The third-order valence-electron chi connectivity index (χ3n) is 4.53. The monoisotopic (exact) mass is 307 g/mol. The smallest absolute Gasteiger partial charge is 0.308 e. The molecule has 0 aromatic carbocycles. The highest BCUT2D eigenvalue weighted by molar-refractivity contribution is 5.85. The fourth-order valence-corrected chi connectivity index (χ4v) is 2.97. The number of carboxylic acid groups (broad SMARTS) is 1. The molecule has 1 heterocycles. The molecule has 1 amide bonds. The number of aliphatic carboxylic acids is 1. The number of aryl methyl sites for hydroxylation is 2. The van der Waals surface area contributed by atoms with Gasteiger partial charge in [0.2, 0.25) is 5.91 Å². The Labute approximate surface area is 131 Å². The van der Waals surface area contributed by atoms with Gasteiger partial charge in [-0.2, -0.15) is 5.10 Å². The average molecular weight is 307 g/mol. The molecule has 6 nitrogen and oxygen atoms in total. The first kappa shape index (κ1) is 16.5. The minimum absolute atomic E-state index is 0.00907. The largest absolute Gasteiger partial charge is 0.481 e. The zero-order valence-corrected chi connectivity index (χ0v) is 14.0. The molecule has 1 N–H and O–H groups in total. The minimum Gasteiger partial charge on any atom is -0.481 e. The zero-order valence-electron chi connectivity index (χ0n) is 14.0. The van der Waals surface area contributed by atoms with E-state index in [9.17, 15) is 9.59 Å². The van der Waals surface area contributed by atoms with Gasteiger partial charge in [0.25, 0.3) is 0 Å². The lowest BCUT2D eigenvalue weighted by atomic mass is 9.97. The van der Waals surface area contributed by atoms with Crippen molar-refractivity contribution in [3.63, 3.8) is 0 Å². The molecular weight excluding hydrogens is 282 g/mol. The van der Waals surface area contributed by atoms with Gasteiger partial charge in [-0.25, -0.2) is 0 Å². The summed E-state index contributed by atoms with van der Waals surface area (Å²) in [5.74, 6) is -1.70. The lowest BCUT2D eigenvalue weighted by molar-refractivity contribution is -0.143. The van der Waals surface area contributed by atoms with Crippen LogP contribution >= 0.6 is 0 Å². The van der Waals surface area contributed by atoms with Crippen LogP contribution < -0.4 is 0 Å². The summed E-state index contributed by atoms with van der Waals surface area (Å²) in [5.41, 5.74) is 2.81. The van der Waals surface area contributed by atoms with Crippen LogP contribution in [0.25, 0.3) is 0 Å². The van der Waals surface area contributed by atoms with Gasteiger partial charge in [0.15, 0.2) is 0 Å². The van der Waals surface area contributed by atoms with Gasteiger partial charge < -0.3 is 10.0 Å². The van der Waals surface area contributed by atoms with Crippen LogP contribution in [0.2, 0.25) is 0 Å². The summed E-state index contributed by atoms with van der Waals surface area (Å²) in [7, 11) is 1.87. The number of hydrogen-bond acceptors (Lipinski definition) is 3. The molecule has 0 radical (unpaired) electrons. The van der Waals surface area contributed by atoms with Crippen LogP contribution in [0.4, 0.5) is 0 Å². The van der Waals surface area contributed by atoms with Crippen molar-refractivity contribution in [2.24, 2.45) is 13.0 Å². The number of hydrogen-bond donors (Lipinski definition) is 1. The Bertz CT molecular complexity index is 590. The summed E-state index contributed by atoms with van der Waals surface area (Å²) in [5, 5.41) is 13.5. The van der Waals surface area contributed by atoms with Crippen LogP contribution in [0.5, 0.6) is 0 Å². The second-order valence-corrected chi connectivity index (χ2v) is 6.39. The van der Waals surface area contributed by atoms with Crippen LogP contribution in [0.3, 0.4) is 0 Å². The third-order valence-corrected chi connectivity index (χ3v) is 4.53. The number of carboxylic acids is 1. The number of nitrogens with zero attached hydrogens (tertiary/aromatic N) is 3. The van der Waals surface area contributed by atoms with Crippen LogP contribution in [0.1, 0.15) is 49.6 Å². The van der Waals surface area contributed by atoms with E-state index < -0.39 is 11.9 Å². The minimum atomic E-state index is -0.861. The lowest BCUT2D eigenvalue weighted by Crippen LogP contribution is -2.40. The quantitative estimate of drug-likeness (QED) is 0.870. The second-order valence-electron chi connectivity index (χ2n) is 6.39. The molecular formula is C16H25N3O3. The van der Waals surface area contributed by atoms with Crippen LogP contribution in [-0.2, 0) is 16.6 Å². The molecule has 1 saturated carbocycles. The summed E-state index contributed by atoms with van der Waals surface area (Å²) in [6.07, 6.45) is 1.94. The molecule has 1 aliphatic carbocycles. The van der Waals surface area contributed by atoms with Crippen molar-refractivity contribution < 1.29 is 14.7 Å².